The molecule has 0 aliphatic rings. The van der Waals surface area contributed by atoms with E-state index in [1.165, 1.54) is 15.9 Å². The number of hydrogen-bond acceptors (Lipinski definition) is 4. The molecule has 18 heavy (non-hydrogen) atoms. The van der Waals surface area contributed by atoms with Crippen molar-refractivity contribution in [2.24, 2.45) is 0 Å². The molecule has 0 atom stereocenters. The summed E-state index contributed by atoms with van der Waals surface area (Å²) in [6, 6.07) is 1.67. The Balaban J connectivity index is 2.42. The number of halogens is 2. The Morgan fingerprint density at radius 2 is 2.17 bits per heavy atom. The summed E-state index contributed by atoms with van der Waals surface area (Å²) in [5, 5.41) is 10.3. The Morgan fingerprint density at radius 1 is 1.44 bits per heavy atom. The van der Waals surface area contributed by atoms with Crippen molar-refractivity contribution in [3.05, 3.63) is 29.8 Å². The molecular formula is C10H7Cl2NO3S2. The number of aromatic nitrogens is 1. The summed E-state index contributed by atoms with van der Waals surface area (Å²) in [4.78, 5) is 22.0. The molecule has 0 radical (unpaired) electrons. The molecule has 0 aliphatic heterocycles. The maximum Gasteiger partial charge on any atom is 0.307 e. The van der Waals surface area contributed by atoms with Crippen molar-refractivity contribution in [2.75, 3.05) is 0 Å². The molecule has 0 amide bonds. The van der Waals surface area contributed by atoms with Gasteiger partial charge in [-0.25, -0.2) is 0 Å². The first-order chi connectivity index (χ1) is 8.49. The van der Waals surface area contributed by atoms with E-state index in [-0.39, 0.29) is 17.8 Å². The predicted octanol–water partition coefficient (Wildman–Crippen LogP) is 3.42. The van der Waals surface area contributed by atoms with Gasteiger partial charge in [-0.3, -0.25) is 14.2 Å². The second kappa shape index (κ2) is 5.44. The van der Waals surface area contributed by atoms with E-state index in [4.69, 9.17) is 28.3 Å². The van der Waals surface area contributed by atoms with Crippen LogP contribution < -0.4 is 4.87 Å². The largest absolute Gasteiger partial charge is 0.481 e. The monoisotopic (exact) mass is 323 g/mol. The number of thiazole rings is 1. The van der Waals surface area contributed by atoms with Gasteiger partial charge in [-0.1, -0.05) is 34.5 Å². The Morgan fingerprint density at radius 3 is 2.72 bits per heavy atom. The summed E-state index contributed by atoms with van der Waals surface area (Å²) in [7, 11) is 0. The fraction of sp³-hybridized carbons (Fsp3) is 0.200. The van der Waals surface area contributed by atoms with Crippen LogP contribution in [0.15, 0.2) is 16.2 Å². The lowest BCUT2D eigenvalue weighted by molar-refractivity contribution is -0.137. The number of carboxylic acids is 1. The number of rotatable bonds is 4. The van der Waals surface area contributed by atoms with Crippen LogP contribution in [-0.2, 0) is 11.3 Å². The zero-order valence-electron chi connectivity index (χ0n) is 8.85. The van der Waals surface area contributed by atoms with Gasteiger partial charge >= 0.3 is 10.8 Å². The van der Waals surface area contributed by atoms with E-state index in [1.54, 1.807) is 11.4 Å². The summed E-state index contributed by atoms with van der Waals surface area (Å²) in [6.07, 6.45) is -0.112. The van der Waals surface area contributed by atoms with Crippen LogP contribution in [0.25, 0.3) is 11.3 Å². The van der Waals surface area contributed by atoms with E-state index < -0.39 is 5.97 Å². The molecule has 0 fully saturated rings. The lowest BCUT2D eigenvalue weighted by atomic mass is 10.2. The Kier molecular flexibility index (Phi) is 4.11. The number of thiophene rings is 1. The lowest BCUT2D eigenvalue weighted by Gasteiger charge is -2.04. The average molecular weight is 324 g/mol. The summed E-state index contributed by atoms with van der Waals surface area (Å²) in [5.41, 5.74) is 1.27. The number of nitrogens with zero attached hydrogens (tertiary/aromatic N) is 1. The first-order valence-corrected chi connectivity index (χ1v) is 7.29. The van der Waals surface area contributed by atoms with Crippen LogP contribution in [0, 0.1) is 0 Å². The minimum absolute atomic E-state index is 0.112. The van der Waals surface area contributed by atoms with Crippen LogP contribution in [0.2, 0.25) is 8.67 Å². The fourth-order valence-corrected chi connectivity index (χ4v) is 3.74. The maximum atomic E-state index is 11.7. The molecular weight excluding hydrogens is 317 g/mol. The molecule has 0 spiro atoms. The van der Waals surface area contributed by atoms with Crippen LogP contribution in [0.1, 0.15) is 6.42 Å². The summed E-state index contributed by atoms with van der Waals surface area (Å²) < 4.78 is 2.42. The van der Waals surface area contributed by atoms with Gasteiger partial charge in [0.2, 0.25) is 0 Å². The molecule has 2 aromatic rings. The van der Waals surface area contributed by atoms with Crippen molar-refractivity contribution < 1.29 is 9.90 Å². The number of carboxylic acid groups (broad SMARTS) is 1. The van der Waals surface area contributed by atoms with Gasteiger partial charge in [-0.2, -0.15) is 0 Å². The number of hydrogen-bond donors (Lipinski definition) is 1. The average Bonchev–Trinajstić information content (AvgIpc) is 2.79. The van der Waals surface area contributed by atoms with Gasteiger partial charge in [0, 0.05) is 17.5 Å². The van der Waals surface area contributed by atoms with Crippen LogP contribution in [0.4, 0.5) is 0 Å². The molecule has 2 aromatic heterocycles. The van der Waals surface area contributed by atoms with Crippen LogP contribution in [-0.4, -0.2) is 15.6 Å². The highest BCUT2D eigenvalue weighted by Crippen LogP contribution is 2.38. The van der Waals surface area contributed by atoms with E-state index in [2.05, 4.69) is 0 Å². The third kappa shape index (κ3) is 2.77. The normalized spacial score (nSPS) is 10.8. The van der Waals surface area contributed by atoms with Gasteiger partial charge in [0.05, 0.1) is 16.5 Å². The van der Waals surface area contributed by atoms with E-state index in [9.17, 15) is 9.59 Å². The van der Waals surface area contributed by atoms with Gasteiger partial charge in [-0.05, 0) is 6.07 Å². The fourth-order valence-electron chi connectivity index (χ4n) is 1.47. The smallest absolute Gasteiger partial charge is 0.307 e. The molecule has 1 N–H and O–H groups in total. The molecule has 2 rings (SSSR count). The Bertz CT molecular complexity index is 644. The summed E-state index contributed by atoms with van der Waals surface area (Å²) in [5.74, 6) is -0.950. The van der Waals surface area contributed by atoms with Crippen LogP contribution >= 0.6 is 45.9 Å². The van der Waals surface area contributed by atoms with Crippen molar-refractivity contribution in [3.8, 4) is 11.3 Å². The SMILES string of the molecule is O=C(O)CCn1c(-c2cc(Cl)sc2Cl)csc1=O. The van der Waals surface area contributed by atoms with Crippen molar-refractivity contribution in [1.29, 1.82) is 0 Å². The van der Waals surface area contributed by atoms with E-state index in [1.807, 2.05) is 0 Å². The molecule has 0 aliphatic carbocycles. The van der Waals surface area contributed by atoms with Crippen molar-refractivity contribution in [3.63, 3.8) is 0 Å². The topological polar surface area (TPSA) is 59.3 Å². The van der Waals surface area contributed by atoms with Gasteiger partial charge in [0.25, 0.3) is 0 Å². The highest BCUT2D eigenvalue weighted by Gasteiger charge is 2.15. The van der Waals surface area contributed by atoms with Crippen molar-refractivity contribution in [1.82, 2.24) is 4.57 Å². The molecule has 4 nitrogen and oxygen atoms in total. The molecule has 0 bridgehead atoms. The molecule has 8 heteroatoms. The van der Waals surface area contributed by atoms with Gasteiger partial charge in [-0.15, -0.1) is 11.3 Å². The minimum Gasteiger partial charge on any atom is -0.481 e. The van der Waals surface area contributed by atoms with Gasteiger partial charge < -0.3 is 5.11 Å². The van der Waals surface area contributed by atoms with Crippen LogP contribution in [0.5, 0.6) is 0 Å². The standard InChI is InChI=1S/C10H7Cl2NO3S2/c11-7-3-5(9(12)18-7)6-4-17-10(16)13(6)2-1-8(14)15/h3-4H,1-2H2,(H,14,15). The van der Waals surface area contributed by atoms with Crippen molar-refractivity contribution >= 4 is 51.8 Å². The van der Waals surface area contributed by atoms with Crippen molar-refractivity contribution in [2.45, 2.75) is 13.0 Å². The summed E-state index contributed by atoms with van der Waals surface area (Å²) >= 11 is 14.1. The zero-order valence-corrected chi connectivity index (χ0v) is 12.0. The zero-order chi connectivity index (χ0) is 13.3. The first kappa shape index (κ1) is 13.6. The minimum atomic E-state index is -0.950. The van der Waals surface area contributed by atoms with Gasteiger partial charge in [0.15, 0.2) is 0 Å². The predicted molar refractivity (Wildman–Crippen MR) is 74.2 cm³/mol. The number of carbonyl (C=O) groups is 1. The maximum absolute atomic E-state index is 11.7. The van der Waals surface area contributed by atoms with E-state index in [0.29, 0.717) is 19.9 Å². The Hall–Kier alpha value is -0.820. The second-order valence-corrected chi connectivity index (χ2v) is 6.53. The molecule has 2 heterocycles. The lowest BCUT2D eigenvalue weighted by Crippen LogP contribution is -2.16. The summed E-state index contributed by atoms with van der Waals surface area (Å²) in [6.45, 7) is 0.122. The first-order valence-electron chi connectivity index (χ1n) is 4.84. The molecule has 0 unspecified atom stereocenters. The van der Waals surface area contributed by atoms with Gasteiger partial charge in [0.1, 0.15) is 4.34 Å². The Labute approximate surface area is 120 Å². The molecule has 0 aromatic carbocycles. The molecule has 0 saturated carbocycles. The third-order valence-corrected chi connectivity index (χ3v) is 4.52. The van der Waals surface area contributed by atoms with E-state index in [0.717, 1.165) is 11.3 Å². The molecule has 96 valence electrons. The quantitative estimate of drug-likeness (QED) is 0.937. The molecule has 0 saturated heterocycles. The second-order valence-electron chi connectivity index (χ2n) is 3.42. The highest BCUT2D eigenvalue weighted by atomic mass is 35.5. The van der Waals surface area contributed by atoms with Crippen LogP contribution in [0.3, 0.4) is 0 Å². The highest BCUT2D eigenvalue weighted by molar-refractivity contribution is 7.20. The van der Waals surface area contributed by atoms with E-state index >= 15 is 0 Å². The number of aliphatic carboxylic acids is 1. The third-order valence-electron chi connectivity index (χ3n) is 2.26.